The number of allylic oxidation sites excluding steroid dienone is 2. The molecule has 0 saturated carbocycles. The van der Waals surface area contributed by atoms with E-state index in [2.05, 4.69) is 19.1 Å². The van der Waals surface area contributed by atoms with Gasteiger partial charge in [0.1, 0.15) is 13.2 Å². The van der Waals surface area contributed by atoms with Crippen LogP contribution < -0.4 is 9.47 Å². The summed E-state index contributed by atoms with van der Waals surface area (Å²) < 4.78 is 11.0. The number of ether oxygens (including phenoxy) is 2. The van der Waals surface area contributed by atoms with Crippen molar-refractivity contribution in [2.24, 2.45) is 5.92 Å². The molecule has 17 heavy (non-hydrogen) atoms. The summed E-state index contributed by atoms with van der Waals surface area (Å²) in [5.41, 5.74) is 1.11. The smallest absolute Gasteiger partial charge is 0.162 e. The Kier molecular flexibility index (Phi) is 3.95. The Morgan fingerprint density at radius 3 is 2.59 bits per heavy atom. The molecule has 0 spiro atoms. The van der Waals surface area contributed by atoms with Gasteiger partial charge in [0.15, 0.2) is 11.5 Å². The van der Waals surface area contributed by atoms with Gasteiger partial charge in [-0.25, -0.2) is 0 Å². The SMILES string of the molecule is C/C=C\C(C)Cc1cc2c(cc1Cl)OCCO2. The Labute approximate surface area is 107 Å². The fraction of sp³-hybridized carbons (Fsp3) is 0.429. The molecule has 92 valence electrons. The first kappa shape index (κ1) is 12.3. The summed E-state index contributed by atoms with van der Waals surface area (Å²) in [7, 11) is 0. The molecule has 0 bridgehead atoms. The van der Waals surface area contributed by atoms with Crippen molar-refractivity contribution in [2.75, 3.05) is 13.2 Å². The molecule has 0 N–H and O–H groups in total. The Bertz CT molecular complexity index is 426. The van der Waals surface area contributed by atoms with Gasteiger partial charge in [-0.2, -0.15) is 0 Å². The number of benzene rings is 1. The van der Waals surface area contributed by atoms with Crippen LogP contribution in [-0.4, -0.2) is 13.2 Å². The van der Waals surface area contributed by atoms with E-state index in [9.17, 15) is 0 Å². The van der Waals surface area contributed by atoms with Gasteiger partial charge >= 0.3 is 0 Å². The lowest BCUT2D eigenvalue weighted by atomic mass is 10.00. The maximum absolute atomic E-state index is 6.25. The largest absolute Gasteiger partial charge is 0.486 e. The Hall–Kier alpha value is -1.15. The maximum Gasteiger partial charge on any atom is 0.162 e. The summed E-state index contributed by atoms with van der Waals surface area (Å²) in [6.07, 6.45) is 5.16. The number of halogens is 1. The third kappa shape index (κ3) is 2.95. The fourth-order valence-corrected chi connectivity index (χ4v) is 2.24. The molecule has 1 aliphatic rings. The van der Waals surface area contributed by atoms with E-state index in [-0.39, 0.29) is 0 Å². The minimum Gasteiger partial charge on any atom is -0.486 e. The molecule has 0 amide bonds. The standard InChI is InChI=1S/C14H17ClO2/c1-3-4-10(2)7-11-8-13-14(9-12(11)15)17-6-5-16-13/h3-4,8-10H,5-7H2,1-2H3/b4-3-. The van der Waals surface area contributed by atoms with Crippen molar-refractivity contribution >= 4 is 11.6 Å². The summed E-state index contributed by atoms with van der Waals surface area (Å²) >= 11 is 6.25. The van der Waals surface area contributed by atoms with E-state index in [4.69, 9.17) is 21.1 Å². The maximum atomic E-state index is 6.25. The van der Waals surface area contributed by atoms with E-state index in [1.807, 2.05) is 19.1 Å². The van der Waals surface area contributed by atoms with Crippen molar-refractivity contribution in [1.82, 2.24) is 0 Å². The molecule has 0 fully saturated rings. The van der Waals surface area contributed by atoms with Crippen LogP contribution in [-0.2, 0) is 6.42 Å². The van der Waals surface area contributed by atoms with Crippen molar-refractivity contribution in [3.63, 3.8) is 0 Å². The molecule has 0 aliphatic carbocycles. The third-order valence-electron chi connectivity index (χ3n) is 2.77. The molecule has 0 aromatic heterocycles. The van der Waals surface area contributed by atoms with Gasteiger partial charge in [0.25, 0.3) is 0 Å². The first-order chi connectivity index (χ1) is 8.20. The van der Waals surface area contributed by atoms with Gasteiger partial charge in [0.2, 0.25) is 0 Å². The van der Waals surface area contributed by atoms with Gasteiger partial charge in [-0.1, -0.05) is 30.7 Å². The van der Waals surface area contributed by atoms with E-state index >= 15 is 0 Å². The summed E-state index contributed by atoms with van der Waals surface area (Å²) in [4.78, 5) is 0. The van der Waals surface area contributed by atoms with Gasteiger partial charge in [0, 0.05) is 11.1 Å². The van der Waals surface area contributed by atoms with Crippen molar-refractivity contribution in [2.45, 2.75) is 20.3 Å². The van der Waals surface area contributed by atoms with Gasteiger partial charge in [-0.3, -0.25) is 0 Å². The molecule has 1 atom stereocenters. The molecular weight excluding hydrogens is 236 g/mol. The Morgan fingerprint density at radius 1 is 1.29 bits per heavy atom. The molecule has 0 radical (unpaired) electrons. The zero-order valence-corrected chi connectivity index (χ0v) is 11.0. The monoisotopic (exact) mass is 252 g/mol. The van der Waals surface area contributed by atoms with Crippen molar-refractivity contribution < 1.29 is 9.47 Å². The van der Waals surface area contributed by atoms with Crippen LogP contribution in [0.5, 0.6) is 11.5 Å². The number of fused-ring (bicyclic) bond motifs is 1. The topological polar surface area (TPSA) is 18.5 Å². The average molecular weight is 253 g/mol. The van der Waals surface area contributed by atoms with Crippen LogP contribution in [0, 0.1) is 5.92 Å². The number of rotatable bonds is 3. The zero-order chi connectivity index (χ0) is 12.3. The van der Waals surface area contributed by atoms with Crippen molar-refractivity contribution in [3.8, 4) is 11.5 Å². The molecule has 2 nitrogen and oxygen atoms in total. The van der Waals surface area contributed by atoms with Crippen molar-refractivity contribution in [1.29, 1.82) is 0 Å². The highest BCUT2D eigenvalue weighted by molar-refractivity contribution is 6.31. The lowest BCUT2D eigenvalue weighted by molar-refractivity contribution is 0.171. The second-order valence-electron chi connectivity index (χ2n) is 4.29. The van der Waals surface area contributed by atoms with Crippen LogP contribution in [0.2, 0.25) is 5.02 Å². The van der Waals surface area contributed by atoms with Gasteiger partial charge in [-0.05, 0) is 30.9 Å². The highest BCUT2D eigenvalue weighted by Gasteiger charge is 2.15. The normalized spacial score (nSPS) is 16.2. The number of hydrogen-bond acceptors (Lipinski definition) is 2. The van der Waals surface area contributed by atoms with Crippen LogP contribution in [0.15, 0.2) is 24.3 Å². The molecule has 3 heteroatoms. The summed E-state index contributed by atoms with van der Waals surface area (Å²) in [5.74, 6) is 2.03. The van der Waals surface area contributed by atoms with Gasteiger partial charge in [0.05, 0.1) is 0 Å². The zero-order valence-electron chi connectivity index (χ0n) is 10.2. The molecule has 2 rings (SSSR count). The molecule has 1 unspecified atom stereocenters. The first-order valence-electron chi connectivity index (χ1n) is 5.91. The quantitative estimate of drug-likeness (QED) is 0.761. The molecule has 1 aliphatic heterocycles. The van der Waals surface area contributed by atoms with E-state index < -0.39 is 0 Å². The van der Waals surface area contributed by atoms with Crippen molar-refractivity contribution in [3.05, 3.63) is 34.9 Å². The van der Waals surface area contributed by atoms with Crippen LogP contribution in [0.1, 0.15) is 19.4 Å². The summed E-state index contributed by atoms with van der Waals surface area (Å²) in [5, 5.41) is 0.755. The second kappa shape index (κ2) is 5.46. The highest BCUT2D eigenvalue weighted by Crippen LogP contribution is 2.36. The van der Waals surface area contributed by atoms with E-state index in [0.29, 0.717) is 19.1 Å². The van der Waals surface area contributed by atoms with Gasteiger partial charge in [-0.15, -0.1) is 0 Å². The summed E-state index contributed by atoms with van der Waals surface area (Å²) in [6, 6.07) is 3.85. The van der Waals surface area contributed by atoms with Crippen LogP contribution >= 0.6 is 11.6 Å². The second-order valence-corrected chi connectivity index (χ2v) is 4.70. The highest BCUT2D eigenvalue weighted by atomic mass is 35.5. The Morgan fingerprint density at radius 2 is 1.94 bits per heavy atom. The minimum atomic E-state index is 0.472. The van der Waals surface area contributed by atoms with Crippen LogP contribution in [0.4, 0.5) is 0 Å². The molecule has 1 aromatic carbocycles. The average Bonchev–Trinajstić information content (AvgIpc) is 2.30. The third-order valence-corrected chi connectivity index (χ3v) is 3.13. The molecule has 1 aromatic rings. The fourth-order valence-electron chi connectivity index (χ4n) is 2.01. The van der Waals surface area contributed by atoms with Gasteiger partial charge < -0.3 is 9.47 Å². The van der Waals surface area contributed by atoms with E-state index in [1.54, 1.807) is 0 Å². The first-order valence-corrected chi connectivity index (χ1v) is 6.29. The van der Waals surface area contributed by atoms with E-state index in [1.165, 1.54) is 0 Å². The predicted molar refractivity (Wildman–Crippen MR) is 70.1 cm³/mol. The van der Waals surface area contributed by atoms with Crippen LogP contribution in [0.3, 0.4) is 0 Å². The summed E-state index contributed by atoms with van der Waals surface area (Å²) in [6.45, 7) is 5.41. The Balaban J connectivity index is 2.22. The molecular formula is C14H17ClO2. The van der Waals surface area contributed by atoms with Crippen LogP contribution in [0.25, 0.3) is 0 Å². The lowest BCUT2D eigenvalue weighted by Gasteiger charge is -2.20. The predicted octanol–water partition coefficient (Wildman–Crippen LogP) is 3.87. The molecule has 0 saturated heterocycles. The minimum absolute atomic E-state index is 0.472. The lowest BCUT2D eigenvalue weighted by Crippen LogP contribution is -2.15. The number of hydrogen-bond donors (Lipinski definition) is 0. The van der Waals surface area contributed by atoms with E-state index in [0.717, 1.165) is 28.5 Å². The molecule has 1 heterocycles.